The maximum Gasteiger partial charge on any atom is 0.213 e. The summed E-state index contributed by atoms with van der Waals surface area (Å²) < 4.78 is 5.43. The van der Waals surface area contributed by atoms with Gasteiger partial charge in [-0.15, -0.1) is 0 Å². The van der Waals surface area contributed by atoms with Crippen molar-refractivity contribution in [2.45, 2.75) is 13.8 Å². The molecule has 0 amide bonds. The molecule has 0 atom stereocenters. The van der Waals surface area contributed by atoms with Gasteiger partial charge in [-0.1, -0.05) is 55.1 Å². The van der Waals surface area contributed by atoms with Crippen molar-refractivity contribution in [1.82, 2.24) is 0 Å². The van der Waals surface area contributed by atoms with Crippen molar-refractivity contribution in [3.05, 3.63) is 95.7 Å². The zero-order valence-corrected chi connectivity index (χ0v) is 16.8. The van der Waals surface area contributed by atoms with Crippen molar-refractivity contribution >= 4 is 28.6 Å². The van der Waals surface area contributed by atoms with Gasteiger partial charge in [0.1, 0.15) is 11.5 Å². The van der Waals surface area contributed by atoms with E-state index in [1.807, 2.05) is 47.4 Å². The minimum Gasteiger partial charge on any atom is -0.497 e. The average molecular weight is 382 g/mol. The van der Waals surface area contributed by atoms with E-state index in [9.17, 15) is 4.79 Å². The molecule has 1 aliphatic heterocycles. The molecule has 144 valence electrons. The van der Waals surface area contributed by atoms with Crippen LogP contribution < -0.4 is 9.64 Å². The maximum atomic E-state index is 13.2. The summed E-state index contributed by atoms with van der Waals surface area (Å²) >= 11 is 0. The molecule has 3 aromatic carbocycles. The Balaban J connectivity index is 1.94. The molecule has 0 aromatic heterocycles. The fourth-order valence-corrected chi connectivity index (χ4v) is 3.66. The zero-order valence-electron chi connectivity index (χ0n) is 16.8. The molecular formula is C25H22N2O2. The van der Waals surface area contributed by atoms with Gasteiger partial charge in [-0.25, -0.2) is 4.99 Å². The molecule has 1 aliphatic rings. The van der Waals surface area contributed by atoms with Crippen LogP contribution in [-0.2, 0) is 0 Å². The zero-order chi connectivity index (χ0) is 20.5. The van der Waals surface area contributed by atoms with Gasteiger partial charge in [0, 0.05) is 11.6 Å². The molecule has 0 saturated heterocycles. The van der Waals surface area contributed by atoms with Crippen molar-refractivity contribution < 1.29 is 9.53 Å². The Hall–Kier alpha value is -3.66. The van der Waals surface area contributed by atoms with Gasteiger partial charge in [0.15, 0.2) is 0 Å². The van der Waals surface area contributed by atoms with Gasteiger partial charge >= 0.3 is 0 Å². The Morgan fingerprint density at radius 1 is 0.966 bits per heavy atom. The SMILES string of the molecule is C=C1C(C(=O)c2ccccc2)=Nc2ccc(OC)cc2N1c1c(C)cccc1C. The fraction of sp³-hybridized carbons (Fsp3) is 0.120. The van der Waals surface area contributed by atoms with Crippen molar-refractivity contribution in [3.63, 3.8) is 0 Å². The van der Waals surface area contributed by atoms with Crippen LogP contribution in [0.25, 0.3) is 0 Å². The van der Waals surface area contributed by atoms with Crippen LogP contribution >= 0.6 is 0 Å². The van der Waals surface area contributed by atoms with Gasteiger partial charge in [-0.2, -0.15) is 0 Å². The number of rotatable bonds is 4. The lowest BCUT2D eigenvalue weighted by atomic mass is 9.99. The summed E-state index contributed by atoms with van der Waals surface area (Å²) in [5.41, 5.74) is 6.22. The van der Waals surface area contributed by atoms with Crippen LogP contribution in [0.3, 0.4) is 0 Å². The lowest BCUT2D eigenvalue weighted by molar-refractivity contribution is 0.106. The number of aliphatic imine (C=N–C) groups is 1. The van der Waals surface area contributed by atoms with Crippen LogP contribution in [0.4, 0.5) is 17.1 Å². The summed E-state index contributed by atoms with van der Waals surface area (Å²) in [7, 11) is 1.64. The van der Waals surface area contributed by atoms with Crippen LogP contribution in [0.2, 0.25) is 0 Å². The van der Waals surface area contributed by atoms with Crippen LogP contribution in [0.15, 0.2) is 84.0 Å². The van der Waals surface area contributed by atoms with E-state index in [-0.39, 0.29) is 5.78 Å². The third kappa shape index (κ3) is 3.23. The van der Waals surface area contributed by atoms with Gasteiger partial charge in [-0.3, -0.25) is 4.79 Å². The van der Waals surface area contributed by atoms with E-state index in [0.717, 1.165) is 28.3 Å². The number of nitrogens with zero attached hydrogens (tertiary/aromatic N) is 2. The largest absolute Gasteiger partial charge is 0.497 e. The van der Waals surface area contributed by atoms with Gasteiger partial charge in [0.05, 0.1) is 29.9 Å². The second-order valence-corrected chi connectivity index (χ2v) is 7.03. The Morgan fingerprint density at radius 3 is 2.31 bits per heavy atom. The van der Waals surface area contributed by atoms with E-state index in [2.05, 4.69) is 37.6 Å². The number of para-hydroxylation sites is 1. The molecule has 3 aromatic rings. The number of allylic oxidation sites excluding steroid dienone is 1. The first kappa shape index (κ1) is 18.7. The van der Waals surface area contributed by atoms with E-state index in [4.69, 9.17) is 4.74 Å². The van der Waals surface area contributed by atoms with Crippen LogP contribution in [0, 0.1) is 13.8 Å². The van der Waals surface area contributed by atoms with Gasteiger partial charge < -0.3 is 9.64 Å². The lowest BCUT2D eigenvalue weighted by Crippen LogP contribution is -2.31. The third-order valence-corrected chi connectivity index (χ3v) is 5.11. The van der Waals surface area contributed by atoms with E-state index in [0.29, 0.717) is 22.7 Å². The molecule has 0 saturated carbocycles. The summed E-state index contributed by atoms with van der Waals surface area (Å²) in [5.74, 6) is 0.578. The number of carbonyl (C=O) groups excluding carboxylic acids is 1. The molecule has 0 aliphatic carbocycles. The predicted octanol–water partition coefficient (Wildman–Crippen LogP) is 5.93. The molecule has 4 heteroatoms. The number of carbonyl (C=O) groups is 1. The molecular weight excluding hydrogens is 360 g/mol. The molecule has 4 nitrogen and oxygen atoms in total. The molecule has 29 heavy (non-hydrogen) atoms. The number of aryl methyl sites for hydroxylation is 2. The minimum atomic E-state index is -0.145. The first-order chi connectivity index (χ1) is 14.0. The van der Waals surface area contributed by atoms with Crippen LogP contribution in [0.1, 0.15) is 21.5 Å². The van der Waals surface area contributed by atoms with Gasteiger partial charge in [0.2, 0.25) is 5.78 Å². The second kappa shape index (κ2) is 7.40. The number of fused-ring (bicyclic) bond motifs is 1. The van der Waals surface area contributed by atoms with E-state index >= 15 is 0 Å². The first-order valence-electron chi connectivity index (χ1n) is 9.43. The smallest absolute Gasteiger partial charge is 0.213 e. The number of ether oxygens (including phenoxy) is 1. The number of anilines is 2. The standard InChI is InChI=1S/C25H22N2O2/c1-16-9-8-10-17(2)24(16)27-18(3)23(25(28)19-11-6-5-7-12-19)26-21-14-13-20(29-4)15-22(21)27/h5-15H,3H2,1-2,4H3. The summed E-state index contributed by atoms with van der Waals surface area (Å²) in [4.78, 5) is 19.9. The Kier molecular flexibility index (Phi) is 4.77. The van der Waals surface area contributed by atoms with Crippen molar-refractivity contribution in [2.24, 2.45) is 4.99 Å². The highest BCUT2D eigenvalue weighted by molar-refractivity contribution is 6.53. The molecule has 0 N–H and O–H groups in total. The van der Waals surface area contributed by atoms with Crippen molar-refractivity contribution in [2.75, 3.05) is 12.0 Å². The van der Waals surface area contributed by atoms with Crippen LogP contribution in [0.5, 0.6) is 5.75 Å². The summed E-state index contributed by atoms with van der Waals surface area (Å²) in [6, 6.07) is 21.0. The number of methoxy groups -OCH3 is 1. The number of hydrogen-bond donors (Lipinski definition) is 0. The van der Waals surface area contributed by atoms with E-state index < -0.39 is 0 Å². The molecule has 0 bridgehead atoms. The fourth-order valence-electron chi connectivity index (χ4n) is 3.66. The number of benzene rings is 3. The molecule has 0 unspecified atom stereocenters. The van der Waals surface area contributed by atoms with Crippen LogP contribution in [-0.4, -0.2) is 18.6 Å². The quantitative estimate of drug-likeness (QED) is 0.525. The highest BCUT2D eigenvalue weighted by atomic mass is 16.5. The van der Waals surface area contributed by atoms with E-state index in [1.165, 1.54) is 0 Å². The third-order valence-electron chi connectivity index (χ3n) is 5.11. The Labute approximate surface area is 170 Å². The van der Waals surface area contributed by atoms with Gasteiger partial charge in [0.25, 0.3) is 0 Å². The molecule has 4 rings (SSSR count). The summed E-state index contributed by atoms with van der Waals surface area (Å²) in [6.45, 7) is 8.38. The Morgan fingerprint density at radius 2 is 1.66 bits per heavy atom. The first-order valence-corrected chi connectivity index (χ1v) is 9.43. The summed E-state index contributed by atoms with van der Waals surface area (Å²) in [6.07, 6.45) is 0. The molecule has 0 radical (unpaired) electrons. The topological polar surface area (TPSA) is 41.9 Å². The normalized spacial score (nSPS) is 13.0. The predicted molar refractivity (Wildman–Crippen MR) is 118 cm³/mol. The summed E-state index contributed by atoms with van der Waals surface area (Å²) in [5, 5.41) is 0. The van der Waals surface area contributed by atoms with Crippen molar-refractivity contribution in [1.29, 1.82) is 0 Å². The molecule has 0 spiro atoms. The van der Waals surface area contributed by atoms with Gasteiger partial charge in [-0.05, 0) is 37.1 Å². The molecule has 1 heterocycles. The Bertz CT molecular complexity index is 1130. The number of Topliss-reactive ketones (excluding diaryl/α,β-unsaturated/α-hetero) is 1. The van der Waals surface area contributed by atoms with Crippen molar-refractivity contribution in [3.8, 4) is 5.75 Å². The second-order valence-electron chi connectivity index (χ2n) is 7.03. The number of hydrogen-bond acceptors (Lipinski definition) is 4. The highest BCUT2D eigenvalue weighted by Crippen LogP contribution is 2.45. The number of ketones is 1. The minimum absolute atomic E-state index is 0.145. The highest BCUT2D eigenvalue weighted by Gasteiger charge is 2.31. The average Bonchev–Trinajstić information content (AvgIpc) is 2.74. The van der Waals surface area contributed by atoms with E-state index in [1.54, 1.807) is 19.2 Å². The molecule has 0 fully saturated rings. The lowest BCUT2D eigenvalue weighted by Gasteiger charge is -2.34. The maximum absolute atomic E-state index is 13.2. The monoisotopic (exact) mass is 382 g/mol.